The van der Waals surface area contributed by atoms with E-state index >= 15 is 0 Å². The highest BCUT2D eigenvalue weighted by Gasteiger charge is 2.18. The number of carbonyl (C=O) groups is 1. The molecule has 0 N–H and O–H groups in total. The molecule has 4 nitrogen and oxygen atoms in total. The summed E-state index contributed by atoms with van der Waals surface area (Å²) in [6, 6.07) is 15.2. The van der Waals surface area contributed by atoms with Crippen LogP contribution in [0.25, 0.3) is 5.69 Å². The molecule has 1 heterocycles. The number of benzene rings is 2. The Kier molecular flexibility index (Phi) is 4.91. The molecule has 0 amide bonds. The molecule has 0 aliphatic heterocycles. The van der Waals surface area contributed by atoms with Crippen molar-refractivity contribution >= 4 is 17.6 Å². The molecule has 0 saturated heterocycles. The largest absolute Gasteiger partial charge is 0.425 e. The average molecular weight is 355 g/mol. The van der Waals surface area contributed by atoms with E-state index in [1.165, 1.54) is 0 Å². The molecule has 1 aromatic heterocycles. The Labute approximate surface area is 152 Å². The summed E-state index contributed by atoms with van der Waals surface area (Å²) in [5, 5.41) is 4.98. The van der Waals surface area contributed by atoms with Gasteiger partial charge >= 0.3 is 5.97 Å². The third kappa shape index (κ3) is 3.74. The van der Waals surface area contributed by atoms with Gasteiger partial charge in [0.2, 0.25) is 0 Å². The summed E-state index contributed by atoms with van der Waals surface area (Å²) in [6.07, 6.45) is 0.148. The zero-order valence-electron chi connectivity index (χ0n) is 14.4. The first kappa shape index (κ1) is 17.2. The van der Waals surface area contributed by atoms with Crippen LogP contribution in [0.1, 0.15) is 22.5 Å². The average Bonchev–Trinajstić information content (AvgIpc) is 2.87. The first-order chi connectivity index (χ1) is 12.0. The smallest absolute Gasteiger partial charge is 0.315 e. The molecule has 3 rings (SSSR count). The van der Waals surface area contributed by atoms with E-state index in [4.69, 9.17) is 16.3 Å². The van der Waals surface area contributed by atoms with Crippen LogP contribution < -0.4 is 4.74 Å². The number of aryl methyl sites for hydroxylation is 2. The first-order valence-electron chi connectivity index (χ1n) is 8.03. The van der Waals surface area contributed by atoms with E-state index in [1.807, 2.05) is 61.9 Å². The van der Waals surface area contributed by atoms with Gasteiger partial charge in [-0.1, -0.05) is 35.9 Å². The van der Waals surface area contributed by atoms with Crippen molar-refractivity contribution in [2.45, 2.75) is 27.2 Å². The highest BCUT2D eigenvalue weighted by Crippen LogP contribution is 2.26. The molecule has 0 radical (unpaired) electrons. The quantitative estimate of drug-likeness (QED) is 0.508. The van der Waals surface area contributed by atoms with Crippen molar-refractivity contribution in [3.63, 3.8) is 0 Å². The van der Waals surface area contributed by atoms with E-state index in [9.17, 15) is 4.79 Å². The van der Waals surface area contributed by atoms with Gasteiger partial charge < -0.3 is 4.74 Å². The lowest BCUT2D eigenvalue weighted by molar-refractivity contribution is -0.133. The van der Waals surface area contributed by atoms with Crippen molar-refractivity contribution in [3.8, 4) is 11.4 Å². The molecular weight excluding hydrogens is 336 g/mol. The Balaban J connectivity index is 1.82. The highest BCUT2D eigenvalue weighted by atomic mass is 35.5. The Hall–Kier alpha value is -2.59. The molecule has 0 aliphatic rings. The van der Waals surface area contributed by atoms with Gasteiger partial charge in [-0.25, -0.2) is 4.68 Å². The summed E-state index contributed by atoms with van der Waals surface area (Å²) in [5.74, 6) is 0.0312. The normalized spacial score (nSPS) is 10.7. The number of aromatic nitrogens is 2. The van der Waals surface area contributed by atoms with Crippen LogP contribution in [0.3, 0.4) is 0 Å². The molecule has 3 aromatic rings. The molecule has 5 heteroatoms. The lowest BCUT2D eigenvalue weighted by Gasteiger charge is -2.08. The second kappa shape index (κ2) is 7.11. The molecule has 128 valence electrons. The second-order valence-corrected chi connectivity index (χ2v) is 6.39. The number of rotatable bonds is 4. The fourth-order valence-corrected chi connectivity index (χ4v) is 2.90. The SMILES string of the molecule is Cc1ccc(Cl)c(OC(=O)Cc2c(C)nn(-c3ccccc3)c2C)c1. The molecule has 0 unspecified atom stereocenters. The van der Waals surface area contributed by atoms with E-state index in [0.717, 1.165) is 28.2 Å². The fourth-order valence-electron chi connectivity index (χ4n) is 2.74. The van der Waals surface area contributed by atoms with E-state index < -0.39 is 0 Å². The number of ether oxygens (including phenoxy) is 1. The van der Waals surface area contributed by atoms with Crippen LogP contribution >= 0.6 is 11.6 Å². The molecule has 0 bridgehead atoms. The number of halogens is 1. The van der Waals surface area contributed by atoms with Crippen molar-refractivity contribution in [2.75, 3.05) is 0 Å². The lowest BCUT2D eigenvalue weighted by atomic mass is 10.1. The van der Waals surface area contributed by atoms with Gasteiger partial charge in [0.15, 0.2) is 0 Å². The summed E-state index contributed by atoms with van der Waals surface area (Å²) in [5.41, 5.74) is 4.56. The fraction of sp³-hybridized carbons (Fsp3) is 0.200. The van der Waals surface area contributed by atoms with E-state index in [0.29, 0.717) is 10.8 Å². The summed E-state index contributed by atoms with van der Waals surface area (Å²) in [6.45, 7) is 5.77. The summed E-state index contributed by atoms with van der Waals surface area (Å²) in [7, 11) is 0. The molecule has 0 fully saturated rings. The van der Waals surface area contributed by atoms with Gasteiger partial charge in [0.1, 0.15) is 5.75 Å². The van der Waals surface area contributed by atoms with Crippen LogP contribution in [0, 0.1) is 20.8 Å². The van der Waals surface area contributed by atoms with Gasteiger partial charge in [-0.2, -0.15) is 5.10 Å². The zero-order chi connectivity index (χ0) is 18.0. The van der Waals surface area contributed by atoms with Gasteiger partial charge in [0.05, 0.1) is 22.8 Å². The van der Waals surface area contributed by atoms with Gasteiger partial charge in [-0.3, -0.25) is 4.79 Å². The van der Waals surface area contributed by atoms with Crippen molar-refractivity contribution in [3.05, 3.63) is 76.1 Å². The number of hydrogen-bond donors (Lipinski definition) is 0. The molecule has 0 saturated carbocycles. The number of nitrogens with zero attached hydrogens (tertiary/aromatic N) is 2. The lowest BCUT2D eigenvalue weighted by Crippen LogP contribution is -2.13. The van der Waals surface area contributed by atoms with Gasteiger partial charge in [-0.05, 0) is 50.6 Å². The summed E-state index contributed by atoms with van der Waals surface area (Å²) in [4.78, 5) is 12.4. The van der Waals surface area contributed by atoms with Crippen LogP contribution in [0.4, 0.5) is 0 Å². The Morgan fingerprint density at radius 3 is 2.56 bits per heavy atom. The minimum Gasteiger partial charge on any atom is -0.425 e. The van der Waals surface area contributed by atoms with Gasteiger partial charge in [0, 0.05) is 11.3 Å². The van der Waals surface area contributed by atoms with Crippen LogP contribution in [-0.2, 0) is 11.2 Å². The van der Waals surface area contributed by atoms with E-state index in [-0.39, 0.29) is 12.4 Å². The standard InChI is InChI=1S/C20H19ClN2O2/c1-13-9-10-18(21)19(11-13)25-20(24)12-17-14(2)22-23(15(17)3)16-7-5-4-6-8-16/h4-11H,12H2,1-3H3. The minimum atomic E-state index is -0.355. The summed E-state index contributed by atoms with van der Waals surface area (Å²) >= 11 is 6.10. The molecular formula is C20H19ClN2O2. The molecule has 25 heavy (non-hydrogen) atoms. The van der Waals surface area contributed by atoms with Crippen molar-refractivity contribution in [2.24, 2.45) is 0 Å². The molecule has 2 aromatic carbocycles. The Morgan fingerprint density at radius 2 is 1.84 bits per heavy atom. The first-order valence-corrected chi connectivity index (χ1v) is 8.41. The van der Waals surface area contributed by atoms with Gasteiger partial charge in [-0.15, -0.1) is 0 Å². The maximum Gasteiger partial charge on any atom is 0.315 e. The predicted octanol–water partition coefficient (Wildman–Crippen LogP) is 4.60. The summed E-state index contributed by atoms with van der Waals surface area (Å²) < 4.78 is 7.29. The van der Waals surface area contributed by atoms with Crippen LogP contribution in [0.2, 0.25) is 5.02 Å². The van der Waals surface area contributed by atoms with Crippen LogP contribution in [0.15, 0.2) is 48.5 Å². The maximum absolute atomic E-state index is 12.4. The Bertz CT molecular complexity index is 917. The van der Waals surface area contributed by atoms with Crippen LogP contribution in [-0.4, -0.2) is 15.7 Å². The molecule has 0 spiro atoms. The third-order valence-corrected chi connectivity index (χ3v) is 4.39. The predicted molar refractivity (Wildman–Crippen MR) is 98.6 cm³/mol. The highest BCUT2D eigenvalue weighted by molar-refractivity contribution is 6.32. The van der Waals surface area contributed by atoms with Crippen molar-refractivity contribution in [1.29, 1.82) is 0 Å². The number of para-hydroxylation sites is 1. The maximum atomic E-state index is 12.4. The zero-order valence-corrected chi connectivity index (χ0v) is 15.2. The third-order valence-electron chi connectivity index (χ3n) is 4.07. The van der Waals surface area contributed by atoms with Gasteiger partial charge in [0.25, 0.3) is 0 Å². The number of carbonyl (C=O) groups excluding carboxylic acids is 1. The molecule has 0 aliphatic carbocycles. The van der Waals surface area contributed by atoms with Crippen molar-refractivity contribution < 1.29 is 9.53 Å². The van der Waals surface area contributed by atoms with Crippen LogP contribution in [0.5, 0.6) is 5.75 Å². The number of hydrogen-bond acceptors (Lipinski definition) is 3. The van der Waals surface area contributed by atoms with Crippen molar-refractivity contribution in [1.82, 2.24) is 9.78 Å². The van der Waals surface area contributed by atoms with E-state index in [2.05, 4.69) is 5.10 Å². The monoisotopic (exact) mass is 354 g/mol. The number of esters is 1. The Morgan fingerprint density at radius 1 is 1.12 bits per heavy atom. The topological polar surface area (TPSA) is 44.1 Å². The minimum absolute atomic E-state index is 0.148. The van der Waals surface area contributed by atoms with E-state index in [1.54, 1.807) is 12.1 Å². The second-order valence-electron chi connectivity index (χ2n) is 5.98. The molecule has 0 atom stereocenters.